The number of pyridine rings is 4. The molecule has 1 fully saturated rings. The van der Waals surface area contributed by atoms with Gasteiger partial charge in [-0.25, -0.2) is 9.97 Å². The highest BCUT2D eigenvalue weighted by atomic mass is 35.5. The molecule has 8 aromatic rings. The van der Waals surface area contributed by atoms with Crippen LogP contribution in [0.15, 0.2) is 97.6 Å². The van der Waals surface area contributed by atoms with Crippen LogP contribution in [0.3, 0.4) is 0 Å². The van der Waals surface area contributed by atoms with Gasteiger partial charge in [0.05, 0.1) is 79.5 Å². The van der Waals surface area contributed by atoms with Gasteiger partial charge in [-0.05, 0) is 137 Å². The van der Waals surface area contributed by atoms with Gasteiger partial charge in [-0.3, -0.25) is 19.3 Å². The number of nitrogens with one attached hydrogen (secondary N) is 2. The van der Waals surface area contributed by atoms with E-state index in [2.05, 4.69) is 76.6 Å². The zero-order valence-corrected chi connectivity index (χ0v) is 46.0. The second-order valence-electron chi connectivity index (χ2n) is 19.3. The zero-order chi connectivity index (χ0) is 53.3. The average molecular weight is 1030 g/mol. The number of aromatic nitrogens is 8. The summed E-state index contributed by atoms with van der Waals surface area (Å²) in [4.78, 5) is 17.7. The van der Waals surface area contributed by atoms with Crippen molar-refractivity contribution >= 4 is 57.6 Å². The molecule has 1 aliphatic heterocycles. The summed E-state index contributed by atoms with van der Waals surface area (Å²) in [5.74, 6) is 3.13. The van der Waals surface area contributed by atoms with Crippen LogP contribution >= 0.6 is 11.6 Å². The van der Waals surface area contributed by atoms with Crippen LogP contribution in [0.5, 0.6) is 23.0 Å². The van der Waals surface area contributed by atoms with Gasteiger partial charge in [-0.2, -0.15) is 10.2 Å². The summed E-state index contributed by atoms with van der Waals surface area (Å²) in [7, 11) is 2.94. The summed E-state index contributed by atoms with van der Waals surface area (Å²) in [6.45, 7) is 27.0. The van der Waals surface area contributed by atoms with Crippen molar-refractivity contribution in [3.05, 3.63) is 125 Å². The Morgan fingerprint density at radius 2 is 1.09 bits per heavy atom. The standard InChI is InChI=1S/C25H29N5O2.C18H21ClN4O.C13H20BNO3/c1-6-32-23-15-26-12-11-20(23)21-13-22(27-14-18-7-9-19(31-5)10-8-18)25-24(28-21)17(4)29-30(25)16(2)3;1-11(2)23-18-15(9-16(19)21-17(18)12(3)22-23)20-10-13-5-7-14(24-4)8-6-13;1-6-16-11-9-15-8-7-10(11)14-17-12(2,3)13(4,5)18-14/h7-13,15-16H,6,14H2,1-5H3,(H,27,28);5-9,11H,10H2,1-4H3,(H,20,21);7-9H,6H2,1-5H3. The van der Waals surface area contributed by atoms with Gasteiger partial charge in [0, 0.05) is 54.7 Å². The molecule has 1 aliphatic rings. The van der Waals surface area contributed by atoms with E-state index in [-0.39, 0.29) is 23.3 Å². The summed E-state index contributed by atoms with van der Waals surface area (Å²) in [5, 5.41) is 16.9. The molecule has 390 valence electrons. The van der Waals surface area contributed by atoms with Crippen molar-refractivity contribution in [3.8, 4) is 34.3 Å². The van der Waals surface area contributed by atoms with Crippen molar-refractivity contribution in [2.75, 3.05) is 38.1 Å². The van der Waals surface area contributed by atoms with Crippen molar-refractivity contribution in [2.45, 2.75) is 119 Å². The molecule has 9 rings (SSSR count). The molecule has 2 aromatic carbocycles. The number of methoxy groups -OCH3 is 2. The van der Waals surface area contributed by atoms with E-state index in [1.54, 1.807) is 39.0 Å². The lowest BCUT2D eigenvalue weighted by Crippen LogP contribution is -2.41. The maximum atomic E-state index is 6.20. The number of hydrogen-bond acceptors (Lipinski definition) is 14. The maximum Gasteiger partial charge on any atom is 0.498 e. The lowest BCUT2D eigenvalue weighted by atomic mass is 9.79. The summed E-state index contributed by atoms with van der Waals surface area (Å²) in [6.07, 6.45) is 6.92. The lowest BCUT2D eigenvalue weighted by molar-refractivity contribution is 0.00578. The SMILES string of the molecule is CCOc1cnccc1-c1cc(NCc2ccc(OC)cc2)c2c(n1)c(C)nn2C(C)C.CCOc1cnccc1B1OC(C)(C)C(C)(C)O1.COc1ccc(CNc2cc(Cl)nc3c(C)nn(C(C)C)c23)cc1. The van der Waals surface area contributed by atoms with Crippen LogP contribution in [-0.4, -0.2) is 85.3 Å². The molecule has 1 saturated heterocycles. The van der Waals surface area contributed by atoms with E-state index in [9.17, 15) is 0 Å². The first-order valence-corrected chi connectivity index (χ1v) is 25.4. The Morgan fingerprint density at radius 3 is 1.58 bits per heavy atom. The fourth-order valence-electron chi connectivity index (χ4n) is 8.26. The Bertz CT molecular complexity index is 3130. The number of aryl methyl sites for hydroxylation is 2. The highest BCUT2D eigenvalue weighted by molar-refractivity contribution is 6.63. The highest BCUT2D eigenvalue weighted by Crippen LogP contribution is 2.38. The Balaban J connectivity index is 0.000000169. The van der Waals surface area contributed by atoms with E-state index in [1.807, 2.05) is 119 Å². The van der Waals surface area contributed by atoms with Gasteiger partial charge < -0.3 is 38.9 Å². The van der Waals surface area contributed by atoms with Gasteiger partial charge in [-0.1, -0.05) is 35.9 Å². The third-order valence-corrected chi connectivity index (χ3v) is 13.1. The van der Waals surface area contributed by atoms with Crippen LogP contribution < -0.4 is 35.0 Å². The Kier molecular flexibility index (Phi) is 17.7. The predicted octanol–water partition coefficient (Wildman–Crippen LogP) is 11.8. The number of fused-ring (bicyclic) bond motifs is 2. The second kappa shape index (κ2) is 23.9. The number of rotatable bonds is 16. The minimum Gasteiger partial charge on any atom is -0.497 e. The first kappa shape index (κ1) is 54.8. The molecule has 0 atom stereocenters. The molecule has 0 spiro atoms. The molecule has 0 radical (unpaired) electrons. The fourth-order valence-corrected chi connectivity index (χ4v) is 8.46. The zero-order valence-electron chi connectivity index (χ0n) is 45.2. The molecule has 0 unspecified atom stereocenters. The van der Waals surface area contributed by atoms with Crippen molar-refractivity contribution in [2.24, 2.45) is 0 Å². The van der Waals surface area contributed by atoms with Gasteiger partial charge in [-0.15, -0.1) is 0 Å². The van der Waals surface area contributed by atoms with Gasteiger partial charge in [0.2, 0.25) is 0 Å². The summed E-state index contributed by atoms with van der Waals surface area (Å²) >= 11 is 6.20. The lowest BCUT2D eigenvalue weighted by Gasteiger charge is -2.32. The number of nitrogens with zero attached hydrogens (tertiary/aromatic N) is 8. The first-order valence-electron chi connectivity index (χ1n) is 25.1. The number of hydrogen-bond donors (Lipinski definition) is 2. The average Bonchev–Trinajstić information content (AvgIpc) is 3.99. The van der Waals surface area contributed by atoms with Crippen LogP contribution in [0, 0.1) is 13.8 Å². The maximum absolute atomic E-state index is 6.20. The van der Waals surface area contributed by atoms with E-state index in [0.29, 0.717) is 31.5 Å². The van der Waals surface area contributed by atoms with Crippen molar-refractivity contribution in [1.29, 1.82) is 0 Å². The molecule has 74 heavy (non-hydrogen) atoms. The third-order valence-electron chi connectivity index (χ3n) is 12.9. The van der Waals surface area contributed by atoms with E-state index >= 15 is 0 Å². The largest absolute Gasteiger partial charge is 0.498 e. The normalized spacial score (nSPS) is 13.6. The topological polar surface area (TPSA) is 167 Å². The molecule has 0 amide bonds. The molecule has 0 bridgehead atoms. The minimum absolute atomic E-state index is 0.209. The number of halogens is 1. The van der Waals surface area contributed by atoms with E-state index < -0.39 is 7.12 Å². The van der Waals surface area contributed by atoms with E-state index in [1.165, 1.54) is 0 Å². The molecule has 0 aliphatic carbocycles. The van der Waals surface area contributed by atoms with Gasteiger partial charge in [0.25, 0.3) is 0 Å². The quantitative estimate of drug-likeness (QED) is 0.0693. The van der Waals surface area contributed by atoms with Crippen LogP contribution in [0.4, 0.5) is 11.4 Å². The number of benzene rings is 2. The van der Waals surface area contributed by atoms with E-state index in [4.69, 9.17) is 49.9 Å². The minimum atomic E-state index is -0.403. The summed E-state index contributed by atoms with van der Waals surface area (Å²) in [6, 6.07) is 24.2. The third kappa shape index (κ3) is 12.5. The Labute approximate surface area is 440 Å². The summed E-state index contributed by atoms with van der Waals surface area (Å²) in [5.41, 5.74) is 11.7. The molecule has 2 N–H and O–H groups in total. The Morgan fingerprint density at radius 1 is 0.635 bits per heavy atom. The van der Waals surface area contributed by atoms with Crippen LogP contribution in [0.2, 0.25) is 5.15 Å². The monoisotopic (exact) mass is 1020 g/mol. The number of anilines is 2. The first-order chi connectivity index (χ1) is 35.4. The molecule has 16 nitrogen and oxygen atoms in total. The fraction of sp³-hybridized carbons (Fsp3) is 0.393. The molecule has 18 heteroatoms. The molecule has 7 heterocycles. The molecule has 6 aromatic heterocycles. The molecule has 0 saturated carbocycles. The second-order valence-corrected chi connectivity index (χ2v) is 19.7. The molecular weight excluding hydrogens is 955 g/mol. The highest BCUT2D eigenvalue weighted by Gasteiger charge is 2.52. The van der Waals surface area contributed by atoms with Crippen LogP contribution in [0.25, 0.3) is 33.3 Å². The smallest absolute Gasteiger partial charge is 0.497 e. The number of ether oxygens (including phenoxy) is 4. The van der Waals surface area contributed by atoms with Gasteiger partial charge >= 0.3 is 7.12 Å². The van der Waals surface area contributed by atoms with E-state index in [0.717, 1.165) is 95.7 Å². The van der Waals surface area contributed by atoms with Crippen molar-refractivity contribution < 1.29 is 28.3 Å². The Hall–Kier alpha value is -6.95. The van der Waals surface area contributed by atoms with Crippen molar-refractivity contribution in [3.63, 3.8) is 0 Å². The van der Waals surface area contributed by atoms with Crippen LogP contribution in [0.1, 0.15) is 104 Å². The summed E-state index contributed by atoms with van der Waals surface area (Å²) < 4.78 is 37.9. The predicted molar refractivity (Wildman–Crippen MR) is 296 cm³/mol. The molecular formula is C56H70BClN10O6. The van der Waals surface area contributed by atoms with Gasteiger partial charge in [0.15, 0.2) is 0 Å². The van der Waals surface area contributed by atoms with Gasteiger partial charge in [0.1, 0.15) is 50.2 Å². The van der Waals surface area contributed by atoms with Crippen molar-refractivity contribution in [1.82, 2.24) is 39.5 Å². The van der Waals surface area contributed by atoms with Crippen LogP contribution in [-0.2, 0) is 22.4 Å².